The standard InChI is InChI=1S/C53H40N2/c1-4-18-39(19-5-1)53(40-20-6-2-7-21-40)49-26-14-12-24-45(49)46-32-30-43(35-50(46)53)54(42-29-28-37-16-10-11-17-38(37)34-42)44-31-33-48-47-25-13-15-27-51(47)55(52(48)36-44)41-22-8-3-9-23-41/h1,3-6,8-34,36,43H,2,7,35H2. The Morgan fingerprint density at radius 2 is 1.27 bits per heavy atom. The number of para-hydroxylation sites is 2. The zero-order valence-corrected chi connectivity index (χ0v) is 30.6. The molecule has 2 nitrogen and oxygen atoms in total. The molecule has 262 valence electrons. The average molecular weight is 705 g/mol. The molecule has 2 heteroatoms. The first-order valence-corrected chi connectivity index (χ1v) is 19.6. The maximum absolute atomic E-state index is 2.60. The Balaban J connectivity index is 1.13. The molecule has 8 aromatic rings. The second-order valence-corrected chi connectivity index (χ2v) is 15.1. The van der Waals surface area contributed by atoms with E-state index in [1.54, 1.807) is 0 Å². The summed E-state index contributed by atoms with van der Waals surface area (Å²) in [5.41, 5.74) is 13.9. The van der Waals surface area contributed by atoms with Crippen LogP contribution in [0.4, 0.5) is 11.4 Å². The van der Waals surface area contributed by atoms with Gasteiger partial charge in [-0.3, -0.25) is 0 Å². The van der Waals surface area contributed by atoms with E-state index in [0.29, 0.717) is 0 Å². The van der Waals surface area contributed by atoms with Crippen LogP contribution in [0.5, 0.6) is 0 Å². The number of aromatic nitrogens is 1. The van der Waals surface area contributed by atoms with Gasteiger partial charge in [0.05, 0.1) is 22.5 Å². The van der Waals surface area contributed by atoms with E-state index < -0.39 is 0 Å². The molecule has 1 heterocycles. The quantitative estimate of drug-likeness (QED) is 0.167. The molecule has 0 N–H and O–H groups in total. The van der Waals surface area contributed by atoms with Crippen molar-refractivity contribution in [1.82, 2.24) is 4.57 Å². The third kappa shape index (κ3) is 4.88. The van der Waals surface area contributed by atoms with Crippen molar-refractivity contribution in [3.8, 4) is 5.69 Å². The summed E-state index contributed by atoms with van der Waals surface area (Å²) < 4.78 is 2.43. The van der Waals surface area contributed by atoms with Gasteiger partial charge in [-0.1, -0.05) is 158 Å². The zero-order chi connectivity index (χ0) is 36.3. The molecule has 0 fully saturated rings. The van der Waals surface area contributed by atoms with Crippen molar-refractivity contribution in [2.24, 2.45) is 0 Å². The lowest BCUT2D eigenvalue weighted by Gasteiger charge is -2.41. The van der Waals surface area contributed by atoms with Gasteiger partial charge in [0.15, 0.2) is 0 Å². The predicted octanol–water partition coefficient (Wildman–Crippen LogP) is 13.4. The van der Waals surface area contributed by atoms with Gasteiger partial charge in [0.2, 0.25) is 0 Å². The van der Waals surface area contributed by atoms with Gasteiger partial charge in [-0.05, 0) is 106 Å². The molecule has 3 aliphatic carbocycles. The summed E-state index contributed by atoms with van der Waals surface area (Å²) in [7, 11) is 0. The number of benzene rings is 7. The molecule has 0 saturated carbocycles. The van der Waals surface area contributed by atoms with Crippen LogP contribution in [-0.2, 0) is 5.41 Å². The Kier molecular flexibility index (Phi) is 7.38. The number of hydrogen-bond acceptors (Lipinski definition) is 1. The number of hydrogen-bond donors (Lipinski definition) is 0. The Hall–Kier alpha value is -6.64. The first kappa shape index (κ1) is 31.8. The van der Waals surface area contributed by atoms with Crippen LogP contribution in [-0.4, -0.2) is 10.6 Å². The van der Waals surface area contributed by atoms with Crippen LogP contribution in [0.3, 0.4) is 0 Å². The van der Waals surface area contributed by atoms with Crippen LogP contribution in [0.25, 0.3) is 43.8 Å². The van der Waals surface area contributed by atoms with Gasteiger partial charge in [-0.2, -0.15) is 0 Å². The van der Waals surface area contributed by atoms with Crippen molar-refractivity contribution < 1.29 is 0 Å². The fraction of sp³-hybridized carbons (Fsp3) is 0.0943. The molecule has 0 saturated heterocycles. The van der Waals surface area contributed by atoms with E-state index in [1.165, 1.54) is 83.1 Å². The second-order valence-electron chi connectivity index (χ2n) is 15.1. The highest BCUT2D eigenvalue weighted by Crippen LogP contribution is 2.59. The van der Waals surface area contributed by atoms with Crippen molar-refractivity contribution >= 4 is 49.5 Å². The van der Waals surface area contributed by atoms with Crippen LogP contribution in [0.2, 0.25) is 0 Å². The van der Waals surface area contributed by atoms with E-state index in [-0.39, 0.29) is 11.5 Å². The normalized spacial score (nSPS) is 18.8. The van der Waals surface area contributed by atoms with Crippen molar-refractivity contribution in [1.29, 1.82) is 0 Å². The Morgan fingerprint density at radius 1 is 0.564 bits per heavy atom. The smallest absolute Gasteiger partial charge is 0.0674 e. The summed E-state index contributed by atoms with van der Waals surface area (Å²) in [4.78, 5) is 2.60. The minimum absolute atomic E-state index is 0.0671. The van der Waals surface area contributed by atoms with Crippen LogP contribution >= 0.6 is 0 Å². The molecule has 0 bridgehead atoms. The molecule has 0 spiro atoms. The number of fused-ring (bicyclic) bond motifs is 6. The largest absolute Gasteiger partial charge is 0.334 e. The summed E-state index contributed by atoms with van der Waals surface area (Å²) in [6.45, 7) is 0. The highest BCUT2D eigenvalue weighted by Gasteiger charge is 2.49. The zero-order valence-electron chi connectivity index (χ0n) is 30.6. The van der Waals surface area contributed by atoms with Crippen molar-refractivity contribution in [2.75, 3.05) is 4.90 Å². The van der Waals surface area contributed by atoms with E-state index in [2.05, 4.69) is 210 Å². The van der Waals surface area contributed by atoms with E-state index in [1.807, 2.05) is 0 Å². The predicted molar refractivity (Wildman–Crippen MR) is 231 cm³/mol. The molecule has 11 rings (SSSR count). The Labute approximate surface area is 322 Å². The van der Waals surface area contributed by atoms with Gasteiger partial charge in [-0.15, -0.1) is 0 Å². The fourth-order valence-electron chi connectivity index (χ4n) is 9.92. The van der Waals surface area contributed by atoms with E-state index in [0.717, 1.165) is 19.3 Å². The maximum atomic E-state index is 2.60. The molecular weight excluding hydrogens is 665 g/mol. The van der Waals surface area contributed by atoms with Crippen LogP contribution in [0, 0.1) is 0 Å². The first-order valence-electron chi connectivity index (χ1n) is 19.6. The minimum atomic E-state index is -0.369. The summed E-state index contributed by atoms with van der Waals surface area (Å²) in [6.07, 6.45) is 15.2. The van der Waals surface area contributed by atoms with Crippen molar-refractivity contribution in [2.45, 2.75) is 30.7 Å². The van der Waals surface area contributed by atoms with E-state index in [4.69, 9.17) is 0 Å². The molecule has 2 unspecified atom stereocenters. The summed E-state index contributed by atoms with van der Waals surface area (Å²) in [5, 5.41) is 5.02. The summed E-state index contributed by atoms with van der Waals surface area (Å²) >= 11 is 0. The lowest BCUT2D eigenvalue weighted by atomic mass is 9.64. The van der Waals surface area contributed by atoms with Crippen molar-refractivity contribution in [3.63, 3.8) is 0 Å². The number of allylic oxidation sites excluding steroid dienone is 6. The molecule has 0 radical (unpaired) electrons. The van der Waals surface area contributed by atoms with Crippen LogP contribution in [0.1, 0.15) is 36.0 Å². The molecule has 7 aromatic carbocycles. The summed E-state index contributed by atoms with van der Waals surface area (Å²) in [6, 6.07) is 62.9. The van der Waals surface area contributed by atoms with Gasteiger partial charge in [0.25, 0.3) is 0 Å². The number of rotatable bonds is 6. The van der Waals surface area contributed by atoms with Crippen molar-refractivity contribution in [3.05, 3.63) is 228 Å². The van der Waals surface area contributed by atoms with Gasteiger partial charge in [0, 0.05) is 27.8 Å². The highest BCUT2D eigenvalue weighted by molar-refractivity contribution is 6.10. The Morgan fingerprint density at radius 3 is 2.13 bits per heavy atom. The third-order valence-electron chi connectivity index (χ3n) is 12.2. The Bertz CT molecular complexity index is 2900. The highest BCUT2D eigenvalue weighted by atomic mass is 15.2. The minimum Gasteiger partial charge on any atom is -0.334 e. The third-order valence-corrected chi connectivity index (χ3v) is 12.2. The van der Waals surface area contributed by atoms with Gasteiger partial charge >= 0.3 is 0 Å². The van der Waals surface area contributed by atoms with Gasteiger partial charge < -0.3 is 9.47 Å². The molecule has 55 heavy (non-hydrogen) atoms. The number of anilines is 2. The lowest BCUT2D eigenvalue weighted by molar-refractivity contribution is 0.647. The van der Waals surface area contributed by atoms with Gasteiger partial charge in [-0.25, -0.2) is 0 Å². The molecule has 3 aliphatic rings. The van der Waals surface area contributed by atoms with E-state index >= 15 is 0 Å². The van der Waals surface area contributed by atoms with Crippen LogP contribution in [0.15, 0.2) is 211 Å². The second kappa shape index (κ2) is 12.7. The monoisotopic (exact) mass is 704 g/mol. The molecular formula is C53H40N2. The van der Waals surface area contributed by atoms with Gasteiger partial charge in [0.1, 0.15) is 0 Å². The average Bonchev–Trinajstić information content (AvgIpc) is 3.75. The lowest BCUT2D eigenvalue weighted by Crippen LogP contribution is -2.37. The molecule has 2 atom stereocenters. The SMILES string of the molecule is C1=CC(C2(c3ccccc3)C3=C(C=CC(N(c4ccc5ccccc5c4)c4ccc5c6ccccc6n(-c6ccccc6)c5c4)C3)c3ccccc32)=CCC1. The molecule has 0 amide bonds. The maximum Gasteiger partial charge on any atom is 0.0674 e. The molecule has 1 aromatic heterocycles. The first-order chi connectivity index (χ1) is 27.3. The van der Waals surface area contributed by atoms with E-state index in [9.17, 15) is 0 Å². The number of nitrogens with zero attached hydrogens (tertiary/aromatic N) is 2. The van der Waals surface area contributed by atoms with Crippen LogP contribution < -0.4 is 4.90 Å². The summed E-state index contributed by atoms with van der Waals surface area (Å²) in [5.74, 6) is 0. The fourth-order valence-corrected chi connectivity index (χ4v) is 9.92. The molecule has 0 aliphatic heterocycles. The topological polar surface area (TPSA) is 8.17 Å².